The van der Waals surface area contributed by atoms with E-state index >= 15 is 0 Å². The van der Waals surface area contributed by atoms with Crippen molar-refractivity contribution >= 4 is 17.2 Å². The Morgan fingerprint density at radius 2 is 2.35 bits per heavy atom. The quantitative estimate of drug-likeness (QED) is 0.834. The molecule has 2 N–H and O–H groups in total. The van der Waals surface area contributed by atoms with Crippen LogP contribution >= 0.6 is 11.3 Å². The van der Waals surface area contributed by atoms with Gasteiger partial charge in [0.1, 0.15) is 6.04 Å². The molecule has 0 aliphatic carbocycles. The minimum atomic E-state index is -0.395. The van der Waals surface area contributed by atoms with Crippen LogP contribution in [-0.4, -0.2) is 27.7 Å². The summed E-state index contributed by atoms with van der Waals surface area (Å²) in [4.78, 5) is 16.6. The number of likely N-dealkylation sites (N-methyl/N-ethyl adjacent to an activating group) is 1. The van der Waals surface area contributed by atoms with Crippen molar-refractivity contribution < 1.29 is 4.79 Å². The van der Waals surface area contributed by atoms with E-state index in [0.29, 0.717) is 6.54 Å². The lowest BCUT2D eigenvalue weighted by Crippen LogP contribution is -2.35. The second-order valence-electron chi connectivity index (χ2n) is 4.47. The third-order valence-corrected chi connectivity index (χ3v) is 4.00. The first-order valence-electron chi connectivity index (χ1n) is 6.50. The van der Waals surface area contributed by atoms with Gasteiger partial charge in [0.2, 0.25) is 5.91 Å². The molecule has 1 unspecified atom stereocenters. The number of amides is 1. The summed E-state index contributed by atoms with van der Waals surface area (Å²) in [7, 11) is 3.59. The summed E-state index contributed by atoms with van der Waals surface area (Å²) >= 11 is 1.62. The summed E-state index contributed by atoms with van der Waals surface area (Å²) < 4.78 is 1.68. The van der Waals surface area contributed by atoms with E-state index in [9.17, 15) is 4.79 Å². The number of aromatic nitrogens is 3. The zero-order chi connectivity index (χ0) is 14.5. The molecule has 0 aromatic carbocycles. The zero-order valence-corrected chi connectivity index (χ0v) is 12.7. The molecule has 20 heavy (non-hydrogen) atoms. The molecule has 0 saturated carbocycles. The van der Waals surface area contributed by atoms with Crippen LogP contribution < -0.4 is 10.6 Å². The lowest BCUT2D eigenvalue weighted by molar-refractivity contribution is -0.123. The number of aryl methyl sites for hydroxylation is 2. The minimum absolute atomic E-state index is 0.0773. The highest BCUT2D eigenvalue weighted by atomic mass is 32.1. The van der Waals surface area contributed by atoms with Crippen molar-refractivity contribution in [1.82, 2.24) is 25.4 Å². The van der Waals surface area contributed by atoms with Crippen LogP contribution in [0.15, 0.2) is 17.8 Å². The van der Waals surface area contributed by atoms with Gasteiger partial charge in [0, 0.05) is 24.2 Å². The summed E-state index contributed by atoms with van der Waals surface area (Å²) in [6.07, 6.45) is 4.45. The number of nitrogens with one attached hydrogen (secondary N) is 2. The van der Waals surface area contributed by atoms with Gasteiger partial charge in [-0.2, -0.15) is 5.10 Å². The number of nitrogens with zero attached hydrogens (tertiary/aromatic N) is 3. The predicted octanol–water partition coefficient (Wildman–Crippen LogP) is 1.02. The molecule has 0 spiro atoms. The molecule has 2 aromatic heterocycles. The Labute approximate surface area is 122 Å². The predicted molar refractivity (Wildman–Crippen MR) is 78.3 cm³/mol. The molecule has 0 bridgehead atoms. The number of carbonyl (C=O) groups excluding carboxylic acids is 1. The average Bonchev–Trinajstić information content (AvgIpc) is 3.06. The molecule has 1 atom stereocenters. The molecular weight excluding hydrogens is 274 g/mol. The van der Waals surface area contributed by atoms with Crippen LogP contribution in [0.3, 0.4) is 0 Å². The summed E-state index contributed by atoms with van der Waals surface area (Å²) in [6, 6.07) is -0.395. The first-order valence-corrected chi connectivity index (χ1v) is 7.38. The lowest BCUT2D eigenvalue weighted by atomic mass is 10.1. The van der Waals surface area contributed by atoms with E-state index in [2.05, 4.69) is 27.6 Å². The smallest absolute Gasteiger partial charge is 0.242 e. The van der Waals surface area contributed by atoms with Crippen LogP contribution in [0, 0.1) is 0 Å². The van der Waals surface area contributed by atoms with Gasteiger partial charge >= 0.3 is 0 Å². The van der Waals surface area contributed by atoms with Gasteiger partial charge in [0.05, 0.1) is 23.4 Å². The maximum absolute atomic E-state index is 12.2. The van der Waals surface area contributed by atoms with Crippen molar-refractivity contribution in [3.05, 3.63) is 34.0 Å². The van der Waals surface area contributed by atoms with Crippen molar-refractivity contribution in [3.63, 3.8) is 0 Å². The van der Waals surface area contributed by atoms with E-state index in [1.807, 2.05) is 18.6 Å². The van der Waals surface area contributed by atoms with Gasteiger partial charge in [0.15, 0.2) is 0 Å². The summed E-state index contributed by atoms with van der Waals surface area (Å²) in [5.74, 6) is -0.0773. The molecule has 0 fully saturated rings. The summed E-state index contributed by atoms with van der Waals surface area (Å²) in [6.45, 7) is 2.52. The standard InChI is InChI=1S/C13H19N5OS/c1-4-11-17-10(8-20-11)6-15-13(19)12(14-2)9-5-16-18(3)7-9/h5,7-8,12,14H,4,6H2,1-3H3,(H,15,19). The van der Waals surface area contributed by atoms with E-state index in [-0.39, 0.29) is 5.91 Å². The van der Waals surface area contributed by atoms with E-state index in [1.165, 1.54) is 0 Å². The molecular formula is C13H19N5OS. The Balaban J connectivity index is 1.95. The van der Waals surface area contributed by atoms with Gasteiger partial charge in [-0.3, -0.25) is 9.48 Å². The topological polar surface area (TPSA) is 71.8 Å². The van der Waals surface area contributed by atoms with Crippen LogP contribution in [-0.2, 0) is 24.8 Å². The zero-order valence-electron chi connectivity index (χ0n) is 11.9. The lowest BCUT2D eigenvalue weighted by Gasteiger charge is -2.13. The number of hydrogen-bond acceptors (Lipinski definition) is 5. The fourth-order valence-electron chi connectivity index (χ4n) is 1.91. The highest BCUT2D eigenvalue weighted by molar-refractivity contribution is 7.09. The molecule has 0 saturated heterocycles. The molecule has 0 aliphatic heterocycles. The van der Waals surface area contributed by atoms with Crippen LogP contribution in [0.2, 0.25) is 0 Å². The van der Waals surface area contributed by atoms with E-state index in [4.69, 9.17) is 0 Å². The Bertz CT molecular complexity index is 577. The van der Waals surface area contributed by atoms with Crippen LogP contribution in [0.5, 0.6) is 0 Å². The Morgan fingerprint density at radius 1 is 1.55 bits per heavy atom. The Morgan fingerprint density at radius 3 is 2.90 bits per heavy atom. The van der Waals surface area contributed by atoms with Crippen molar-refractivity contribution in [2.75, 3.05) is 7.05 Å². The first-order chi connectivity index (χ1) is 9.63. The average molecular weight is 293 g/mol. The monoisotopic (exact) mass is 293 g/mol. The fraction of sp³-hybridized carbons (Fsp3) is 0.462. The van der Waals surface area contributed by atoms with Gasteiger partial charge < -0.3 is 10.6 Å². The molecule has 1 amide bonds. The molecule has 7 heteroatoms. The van der Waals surface area contributed by atoms with E-state index < -0.39 is 6.04 Å². The van der Waals surface area contributed by atoms with Crippen molar-refractivity contribution in [1.29, 1.82) is 0 Å². The number of thiazole rings is 1. The van der Waals surface area contributed by atoms with Crippen molar-refractivity contribution in [3.8, 4) is 0 Å². The van der Waals surface area contributed by atoms with Crippen LogP contribution in [0.1, 0.15) is 29.2 Å². The molecule has 2 rings (SSSR count). The van der Waals surface area contributed by atoms with Gasteiger partial charge in [-0.25, -0.2) is 4.98 Å². The van der Waals surface area contributed by atoms with Crippen molar-refractivity contribution in [2.45, 2.75) is 25.9 Å². The van der Waals surface area contributed by atoms with E-state index in [1.54, 1.807) is 29.3 Å². The second kappa shape index (κ2) is 6.62. The van der Waals surface area contributed by atoms with Crippen LogP contribution in [0.25, 0.3) is 0 Å². The number of rotatable bonds is 6. The Hall–Kier alpha value is -1.73. The van der Waals surface area contributed by atoms with Gasteiger partial charge in [-0.15, -0.1) is 11.3 Å². The summed E-state index contributed by atoms with van der Waals surface area (Å²) in [5.41, 5.74) is 1.75. The second-order valence-corrected chi connectivity index (χ2v) is 5.42. The number of hydrogen-bond donors (Lipinski definition) is 2. The van der Waals surface area contributed by atoms with Gasteiger partial charge in [0.25, 0.3) is 0 Å². The highest BCUT2D eigenvalue weighted by Gasteiger charge is 2.19. The molecule has 6 nitrogen and oxygen atoms in total. The van der Waals surface area contributed by atoms with Gasteiger partial charge in [-0.1, -0.05) is 6.92 Å². The SMILES string of the molecule is CCc1nc(CNC(=O)C(NC)c2cnn(C)c2)cs1. The third kappa shape index (κ3) is 3.43. The highest BCUT2D eigenvalue weighted by Crippen LogP contribution is 2.13. The molecule has 0 aliphatic rings. The minimum Gasteiger partial charge on any atom is -0.349 e. The fourth-order valence-corrected chi connectivity index (χ4v) is 2.66. The number of carbonyl (C=O) groups is 1. The Kier molecular flexibility index (Phi) is 4.86. The molecule has 2 aromatic rings. The normalized spacial score (nSPS) is 12.3. The van der Waals surface area contributed by atoms with Crippen LogP contribution in [0.4, 0.5) is 0 Å². The maximum Gasteiger partial charge on any atom is 0.242 e. The largest absolute Gasteiger partial charge is 0.349 e. The molecule has 0 radical (unpaired) electrons. The molecule has 2 heterocycles. The molecule has 108 valence electrons. The third-order valence-electron chi connectivity index (χ3n) is 2.95. The summed E-state index contributed by atoms with van der Waals surface area (Å²) in [5, 5.41) is 13.1. The van der Waals surface area contributed by atoms with E-state index in [0.717, 1.165) is 22.7 Å². The van der Waals surface area contributed by atoms with Gasteiger partial charge in [-0.05, 0) is 13.5 Å². The first kappa shape index (κ1) is 14.7. The maximum atomic E-state index is 12.2. The van der Waals surface area contributed by atoms with Crippen molar-refractivity contribution in [2.24, 2.45) is 7.05 Å².